The summed E-state index contributed by atoms with van der Waals surface area (Å²) in [7, 11) is 0. The van der Waals surface area contributed by atoms with Crippen LogP contribution >= 0.6 is 0 Å². The molecule has 0 amide bonds. The molecule has 6 nitrogen and oxygen atoms in total. The number of benzene rings is 2. The van der Waals surface area contributed by atoms with Gasteiger partial charge >= 0.3 is 5.97 Å². The molecule has 0 unspecified atom stereocenters. The van der Waals surface area contributed by atoms with E-state index >= 15 is 0 Å². The van der Waals surface area contributed by atoms with Gasteiger partial charge in [0, 0.05) is 24.8 Å². The van der Waals surface area contributed by atoms with Gasteiger partial charge in [0.2, 0.25) is 5.95 Å². The number of oxime groups is 1. The molecule has 0 spiro atoms. The predicted octanol–water partition coefficient (Wildman–Crippen LogP) is 5.58. The number of nitrogens with zero attached hydrogens (tertiary/aromatic N) is 3. The third-order valence-corrected chi connectivity index (χ3v) is 6.63. The number of aromatic nitrogens is 1. The first-order chi connectivity index (χ1) is 17.7. The Morgan fingerprint density at radius 2 is 1.86 bits per heavy atom. The summed E-state index contributed by atoms with van der Waals surface area (Å²) in [4.78, 5) is 22.2. The Morgan fingerprint density at radius 3 is 2.49 bits per heavy atom. The number of rotatable bonds is 9. The summed E-state index contributed by atoms with van der Waals surface area (Å²) >= 11 is 0. The van der Waals surface area contributed by atoms with Crippen LogP contribution in [0.15, 0.2) is 53.8 Å². The second kappa shape index (κ2) is 11.6. The second-order valence-electron chi connectivity index (χ2n) is 9.13. The van der Waals surface area contributed by atoms with Gasteiger partial charge in [0.1, 0.15) is 18.2 Å². The third-order valence-electron chi connectivity index (χ3n) is 6.63. The van der Waals surface area contributed by atoms with E-state index in [0.717, 1.165) is 47.9 Å². The number of hydrogen-bond acceptors (Lipinski definition) is 5. The number of hydrogen-bond donors (Lipinski definition) is 1. The van der Waals surface area contributed by atoms with Crippen molar-refractivity contribution in [3.63, 3.8) is 0 Å². The molecule has 1 aliphatic rings. The summed E-state index contributed by atoms with van der Waals surface area (Å²) in [6.45, 7) is 5.39. The number of carboxylic acid groups (broad SMARTS) is 1. The number of pyridine rings is 1. The first-order valence-electron chi connectivity index (χ1n) is 12.1. The highest BCUT2D eigenvalue weighted by atomic mass is 19.1. The highest BCUT2D eigenvalue weighted by molar-refractivity contribution is 5.98. The molecule has 37 heavy (non-hydrogen) atoms. The van der Waals surface area contributed by atoms with Crippen molar-refractivity contribution < 1.29 is 27.9 Å². The molecule has 0 aliphatic carbocycles. The minimum atomic E-state index is -0.795. The zero-order valence-electron chi connectivity index (χ0n) is 20.7. The van der Waals surface area contributed by atoms with E-state index in [4.69, 9.17) is 4.84 Å². The number of halogens is 3. The molecule has 0 bridgehead atoms. The minimum Gasteiger partial charge on any atom is -0.481 e. The molecule has 3 aromatic rings. The maximum atomic E-state index is 14.6. The van der Waals surface area contributed by atoms with Gasteiger partial charge in [-0.1, -0.05) is 24.2 Å². The minimum absolute atomic E-state index is 0.241. The van der Waals surface area contributed by atoms with Crippen LogP contribution in [-0.4, -0.2) is 39.8 Å². The van der Waals surface area contributed by atoms with Crippen LogP contribution in [0.4, 0.5) is 13.2 Å². The fourth-order valence-corrected chi connectivity index (χ4v) is 4.45. The van der Waals surface area contributed by atoms with Gasteiger partial charge in [-0.2, -0.15) is 4.39 Å². The fourth-order valence-electron chi connectivity index (χ4n) is 4.45. The molecule has 4 rings (SSSR count). The fraction of sp³-hybridized carbons (Fsp3) is 0.321. The molecule has 1 aliphatic heterocycles. The molecular formula is C28H28F3N3O3. The average Bonchev–Trinajstić information content (AvgIpc) is 3.35. The Balaban J connectivity index is 1.41. The number of likely N-dealkylation sites (tertiary alicyclic amines) is 1. The van der Waals surface area contributed by atoms with Crippen LogP contribution in [0.2, 0.25) is 0 Å². The summed E-state index contributed by atoms with van der Waals surface area (Å²) in [6.07, 6.45) is 2.66. The van der Waals surface area contributed by atoms with E-state index in [1.54, 1.807) is 6.92 Å². The standard InChI is InChI=1S/C28H28F3N3O3/c1-3-18-10-19(4-5-21(18)14-34-9-8-22(15-34)28(35)36)17(2)33-37-16-24-25(29)11-23(12-26(24)30)20-6-7-27(31)32-13-20/h4-7,10-13,22H,3,8-9,14-16H2,1-2H3,(H,35,36)/b33-17+/t22-/m0/s1. The second-order valence-corrected chi connectivity index (χ2v) is 9.13. The third kappa shape index (κ3) is 6.35. The molecule has 9 heteroatoms. The molecule has 0 radical (unpaired) electrons. The number of carboxylic acids is 1. The summed E-state index contributed by atoms with van der Waals surface area (Å²) in [5, 5.41) is 13.3. The van der Waals surface area contributed by atoms with E-state index in [2.05, 4.69) is 15.0 Å². The van der Waals surface area contributed by atoms with Gasteiger partial charge in [-0.25, -0.2) is 13.8 Å². The SMILES string of the molecule is CCc1cc(/C(C)=N/OCc2c(F)cc(-c3ccc(F)nc3)cc2F)ccc1CN1CC[C@H](C(=O)O)C1. The largest absolute Gasteiger partial charge is 0.481 e. The predicted molar refractivity (Wildman–Crippen MR) is 133 cm³/mol. The summed E-state index contributed by atoms with van der Waals surface area (Å²) in [5.74, 6) is -3.33. The van der Waals surface area contributed by atoms with Gasteiger partial charge in [-0.05, 0) is 78.9 Å². The highest BCUT2D eigenvalue weighted by Crippen LogP contribution is 2.25. The zero-order valence-corrected chi connectivity index (χ0v) is 20.7. The van der Waals surface area contributed by atoms with Crippen LogP contribution < -0.4 is 0 Å². The molecule has 1 saturated heterocycles. The van der Waals surface area contributed by atoms with E-state index in [0.29, 0.717) is 30.8 Å². The van der Waals surface area contributed by atoms with Gasteiger partial charge in [-0.15, -0.1) is 0 Å². The summed E-state index contributed by atoms with van der Waals surface area (Å²) < 4.78 is 42.2. The number of aliphatic carboxylic acids is 1. The van der Waals surface area contributed by atoms with Gasteiger partial charge in [0.25, 0.3) is 0 Å². The van der Waals surface area contributed by atoms with Gasteiger partial charge in [-0.3, -0.25) is 9.69 Å². The molecule has 194 valence electrons. The number of carbonyl (C=O) groups is 1. The van der Waals surface area contributed by atoms with Crippen molar-refractivity contribution in [3.8, 4) is 11.1 Å². The molecule has 1 aromatic heterocycles. The maximum Gasteiger partial charge on any atom is 0.307 e. The van der Waals surface area contributed by atoms with Crippen LogP contribution in [0.5, 0.6) is 0 Å². The average molecular weight is 512 g/mol. The maximum absolute atomic E-state index is 14.6. The van der Waals surface area contributed by atoms with E-state index in [-0.39, 0.29) is 17.0 Å². The Morgan fingerprint density at radius 1 is 1.11 bits per heavy atom. The summed E-state index contributed by atoms with van der Waals surface area (Å²) in [6, 6.07) is 10.7. The molecular weight excluding hydrogens is 483 g/mol. The Bertz CT molecular complexity index is 1290. The monoisotopic (exact) mass is 511 g/mol. The van der Waals surface area contributed by atoms with E-state index in [9.17, 15) is 23.1 Å². The van der Waals surface area contributed by atoms with Crippen molar-refractivity contribution in [1.82, 2.24) is 9.88 Å². The van der Waals surface area contributed by atoms with Crippen molar-refractivity contribution in [1.29, 1.82) is 0 Å². The van der Waals surface area contributed by atoms with Crippen LogP contribution in [0.25, 0.3) is 11.1 Å². The van der Waals surface area contributed by atoms with Gasteiger partial charge in [0.15, 0.2) is 0 Å². The normalized spacial score (nSPS) is 16.2. The molecule has 1 fully saturated rings. The van der Waals surface area contributed by atoms with Crippen molar-refractivity contribution in [2.75, 3.05) is 13.1 Å². The van der Waals surface area contributed by atoms with Crippen molar-refractivity contribution in [2.24, 2.45) is 11.1 Å². The summed E-state index contributed by atoms with van der Waals surface area (Å²) in [5.41, 5.74) is 4.01. The first kappa shape index (κ1) is 26.3. The van der Waals surface area contributed by atoms with Crippen molar-refractivity contribution >= 4 is 11.7 Å². The van der Waals surface area contributed by atoms with E-state index < -0.39 is 30.2 Å². The van der Waals surface area contributed by atoms with E-state index in [1.807, 2.05) is 25.1 Å². The van der Waals surface area contributed by atoms with Crippen molar-refractivity contribution in [2.45, 2.75) is 39.8 Å². The highest BCUT2D eigenvalue weighted by Gasteiger charge is 2.28. The number of aryl methyl sites for hydroxylation is 1. The van der Waals surface area contributed by atoms with Crippen molar-refractivity contribution in [3.05, 3.63) is 88.5 Å². The Hall–Kier alpha value is -3.72. The lowest BCUT2D eigenvalue weighted by atomic mass is 9.99. The molecule has 2 aromatic carbocycles. The molecule has 1 N–H and O–H groups in total. The van der Waals surface area contributed by atoms with Crippen LogP contribution in [0.3, 0.4) is 0 Å². The first-order valence-corrected chi connectivity index (χ1v) is 12.1. The molecule has 2 heterocycles. The lowest BCUT2D eigenvalue weighted by Gasteiger charge is -2.18. The smallest absolute Gasteiger partial charge is 0.307 e. The lowest BCUT2D eigenvalue weighted by Crippen LogP contribution is -2.23. The van der Waals surface area contributed by atoms with Gasteiger partial charge in [0.05, 0.1) is 17.2 Å². The quantitative estimate of drug-likeness (QED) is 0.231. The zero-order chi connectivity index (χ0) is 26.5. The van der Waals surface area contributed by atoms with E-state index in [1.165, 1.54) is 12.3 Å². The van der Waals surface area contributed by atoms with Crippen LogP contribution in [-0.2, 0) is 29.2 Å². The van der Waals surface area contributed by atoms with Crippen LogP contribution in [0.1, 0.15) is 42.5 Å². The molecule has 1 atom stereocenters. The lowest BCUT2D eigenvalue weighted by molar-refractivity contribution is -0.141. The Kier molecular flexibility index (Phi) is 8.23. The topological polar surface area (TPSA) is 75.0 Å². The van der Waals surface area contributed by atoms with Crippen LogP contribution in [0, 0.1) is 23.5 Å². The van der Waals surface area contributed by atoms with Gasteiger partial charge < -0.3 is 9.94 Å². The molecule has 0 saturated carbocycles. The Labute approximate surface area is 213 Å².